The summed E-state index contributed by atoms with van der Waals surface area (Å²) in [6.45, 7) is 7.99. The average Bonchev–Trinajstić information content (AvgIpc) is 2.75. The Balaban J connectivity index is 1.55. The van der Waals surface area contributed by atoms with Gasteiger partial charge in [0.05, 0.1) is 11.5 Å². The molecule has 2 aromatic carbocycles. The van der Waals surface area contributed by atoms with Crippen LogP contribution in [-0.4, -0.2) is 35.4 Å². The summed E-state index contributed by atoms with van der Waals surface area (Å²) in [4.78, 5) is 25.6. The van der Waals surface area contributed by atoms with E-state index < -0.39 is 4.92 Å². The maximum absolute atomic E-state index is 12.4. The Hall–Kier alpha value is -2.93. The zero-order valence-corrected chi connectivity index (χ0v) is 17.6. The molecule has 1 amide bonds. The molecule has 0 aliphatic carbocycles. The number of amides is 1. The van der Waals surface area contributed by atoms with Crippen LogP contribution in [0.1, 0.15) is 48.2 Å². The number of nitro groups is 1. The number of carbonyl (C=O) groups excluding carboxylic acids is 1. The molecule has 1 aliphatic rings. The van der Waals surface area contributed by atoms with Gasteiger partial charge in [-0.05, 0) is 62.0 Å². The normalized spacial score (nSPS) is 15.0. The molecule has 0 radical (unpaired) electrons. The van der Waals surface area contributed by atoms with Gasteiger partial charge in [-0.1, -0.05) is 31.2 Å². The summed E-state index contributed by atoms with van der Waals surface area (Å²) in [5, 5.41) is 14.1. The number of nitro benzene ring substituents is 1. The second-order valence-electron chi connectivity index (χ2n) is 7.83. The number of hydrogen-bond donors (Lipinski definition) is 1. The molecule has 7 heteroatoms. The number of carbonyl (C=O) groups is 1. The standard InChI is InChI=1S/C23H29N3O4/c1-3-30-22-9-8-20(14-21(22)26(28)29)23(27)24-15-18-4-6-19(7-5-18)16-25-12-10-17(2)11-13-25/h4-9,14,17H,3,10-13,15-16H2,1-2H3,(H,24,27). The van der Waals surface area contributed by atoms with Gasteiger partial charge in [-0.15, -0.1) is 0 Å². The van der Waals surface area contributed by atoms with Crippen LogP contribution in [0.5, 0.6) is 5.75 Å². The number of rotatable bonds is 8. The third-order valence-corrected chi connectivity index (χ3v) is 5.48. The summed E-state index contributed by atoms with van der Waals surface area (Å²) in [5.74, 6) is 0.634. The van der Waals surface area contributed by atoms with Gasteiger partial charge >= 0.3 is 5.69 Å². The molecular weight excluding hydrogens is 382 g/mol. The summed E-state index contributed by atoms with van der Waals surface area (Å²) in [7, 11) is 0. The minimum atomic E-state index is -0.538. The van der Waals surface area contributed by atoms with Crippen molar-refractivity contribution in [2.75, 3.05) is 19.7 Å². The Morgan fingerprint density at radius 3 is 2.47 bits per heavy atom. The van der Waals surface area contributed by atoms with Crippen molar-refractivity contribution in [3.8, 4) is 5.75 Å². The molecule has 0 spiro atoms. The fourth-order valence-electron chi connectivity index (χ4n) is 3.60. The maximum Gasteiger partial charge on any atom is 0.311 e. The van der Waals surface area contributed by atoms with E-state index in [-0.39, 0.29) is 22.9 Å². The molecule has 0 bridgehead atoms. The van der Waals surface area contributed by atoms with Crippen LogP contribution in [-0.2, 0) is 13.1 Å². The van der Waals surface area contributed by atoms with Gasteiger partial charge in [0.15, 0.2) is 5.75 Å². The molecule has 2 aromatic rings. The molecule has 0 saturated carbocycles. The highest BCUT2D eigenvalue weighted by Gasteiger charge is 2.19. The molecule has 1 aliphatic heterocycles. The van der Waals surface area contributed by atoms with Crippen LogP contribution < -0.4 is 10.1 Å². The third kappa shape index (κ3) is 5.79. The van der Waals surface area contributed by atoms with Crippen LogP contribution in [0.2, 0.25) is 0 Å². The third-order valence-electron chi connectivity index (χ3n) is 5.48. The Labute approximate surface area is 177 Å². The van der Waals surface area contributed by atoms with Crippen LogP contribution in [0, 0.1) is 16.0 Å². The molecule has 0 aromatic heterocycles. The largest absolute Gasteiger partial charge is 0.487 e. The van der Waals surface area contributed by atoms with E-state index in [9.17, 15) is 14.9 Å². The van der Waals surface area contributed by atoms with E-state index in [0.29, 0.717) is 13.2 Å². The SMILES string of the molecule is CCOc1ccc(C(=O)NCc2ccc(CN3CCC(C)CC3)cc2)cc1[N+](=O)[O-]. The van der Waals surface area contributed by atoms with Crippen LogP contribution >= 0.6 is 0 Å². The molecule has 160 valence electrons. The van der Waals surface area contributed by atoms with Gasteiger partial charge in [0.1, 0.15) is 0 Å². The smallest absolute Gasteiger partial charge is 0.311 e. The number of ether oxygens (including phenoxy) is 1. The van der Waals surface area contributed by atoms with Gasteiger partial charge in [-0.25, -0.2) is 0 Å². The first kappa shape index (κ1) is 21.8. The first-order valence-corrected chi connectivity index (χ1v) is 10.5. The predicted molar refractivity (Wildman–Crippen MR) is 116 cm³/mol. The van der Waals surface area contributed by atoms with Crippen LogP contribution in [0.3, 0.4) is 0 Å². The Kier molecular flexibility index (Phi) is 7.41. The van der Waals surface area contributed by atoms with Gasteiger partial charge in [0.2, 0.25) is 0 Å². The summed E-state index contributed by atoms with van der Waals surface area (Å²) >= 11 is 0. The fourth-order valence-corrected chi connectivity index (χ4v) is 3.60. The number of nitrogens with zero attached hydrogens (tertiary/aromatic N) is 2. The summed E-state index contributed by atoms with van der Waals surface area (Å²) in [6.07, 6.45) is 2.52. The van der Waals surface area contributed by atoms with Crippen LogP contribution in [0.25, 0.3) is 0 Å². The highest BCUT2D eigenvalue weighted by Crippen LogP contribution is 2.28. The van der Waals surface area contributed by atoms with E-state index in [0.717, 1.165) is 31.1 Å². The molecule has 1 fully saturated rings. The lowest BCUT2D eigenvalue weighted by Crippen LogP contribution is -2.32. The lowest BCUT2D eigenvalue weighted by molar-refractivity contribution is -0.385. The molecule has 0 unspecified atom stereocenters. The molecule has 0 atom stereocenters. The van der Waals surface area contributed by atoms with E-state index >= 15 is 0 Å². The van der Waals surface area contributed by atoms with Crippen molar-refractivity contribution < 1.29 is 14.5 Å². The molecule has 1 heterocycles. The van der Waals surface area contributed by atoms with E-state index in [4.69, 9.17) is 4.74 Å². The molecule has 3 rings (SSSR count). The van der Waals surface area contributed by atoms with E-state index in [1.807, 2.05) is 12.1 Å². The number of benzene rings is 2. The first-order valence-electron chi connectivity index (χ1n) is 10.5. The maximum atomic E-state index is 12.4. The number of hydrogen-bond acceptors (Lipinski definition) is 5. The number of nitrogens with one attached hydrogen (secondary N) is 1. The van der Waals surface area contributed by atoms with E-state index in [2.05, 4.69) is 29.3 Å². The second kappa shape index (κ2) is 10.2. The van der Waals surface area contributed by atoms with Crippen molar-refractivity contribution in [1.82, 2.24) is 10.2 Å². The Morgan fingerprint density at radius 1 is 1.17 bits per heavy atom. The van der Waals surface area contributed by atoms with Crippen LogP contribution in [0.15, 0.2) is 42.5 Å². The zero-order valence-electron chi connectivity index (χ0n) is 17.6. The molecular formula is C23H29N3O4. The highest BCUT2D eigenvalue weighted by atomic mass is 16.6. The van der Waals surface area contributed by atoms with Gasteiger partial charge in [0.25, 0.3) is 5.91 Å². The molecule has 1 saturated heterocycles. The van der Waals surface area contributed by atoms with Crippen molar-refractivity contribution in [3.63, 3.8) is 0 Å². The fraction of sp³-hybridized carbons (Fsp3) is 0.435. The van der Waals surface area contributed by atoms with Gasteiger partial charge in [-0.2, -0.15) is 0 Å². The Bertz CT molecular complexity index is 875. The summed E-state index contributed by atoms with van der Waals surface area (Å²) in [5.41, 5.74) is 2.28. The average molecular weight is 412 g/mol. The van der Waals surface area contributed by atoms with Crippen molar-refractivity contribution in [2.24, 2.45) is 5.92 Å². The first-order chi connectivity index (χ1) is 14.5. The van der Waals surface area contributed by atoms with Gasteiger partial charge in [-0.3, -0.25) is 19.8 Å². The van der Waals surface area contributed by atoms with Gasteiger partial charge < -0.3 is 10.1 Å². The van der Waals surface area contributed by atoms with Gasteiger partial charge in [0, 0.05) is 24.7 Å². The second-order valence-corrected chi connectivity index (χ2v) is 7.83. The summed E-state index contributed by atoms with van der Waals surface area (Å²) < 4.78 is 5.26. The van der Waals surface area contributed by atoms with Crippen LogP contribution in [0.4, 0.5) is 5.69 Å². The van der Waals surface area contributed by atoms with Crippen molar-refractivity contribution in [2.45, 2.75) is 39.8 Å². The quantitative estimate of drug-likeness (QED) is 0.521. The number of piperidine rings is 1. The van der Waals surface area contributed by atoms with Crippen molar-refractivity contribution >= 4 is 11.6 Å². The number of likely N-dealkylation sites (tertiary alicyclic amines) is 1. The topological polar surface area (TPSA) is 84.7 Å². The lowest BCUT2D eigenvalue weighted by atomic mass is 9.99. The highest BCUT2D eigenvalue weighted by molar-refractivity contribution is 5.95. The molecule has 1 N–H and O–H groups in total. The van der Waals surface area contributed by atoms with Crippen molar-refractivity contribution in [3.05, 3.63) is 69.3 Å². The minimum absolute atomic E-state index is 0.165. The van der Waals surface area contributed by atoms with E-state index in [1.165, 1.54) is 36.6 Å². The molecule has 30 heavy (non-hydrogen) atoms. The summed E-state index contributed by atoms with van der Waals surface area (Å²) in [6, 6.07) is 12.5. The molecule has 7 nitrogen and oxygen atoms in total. The van der Waals surface area contributed by atoms with Crippen molar-refractivity contribution in [1.29, 1.82) is 0 Å². The Morgan fingerprint density at radius 2 is 1.83 bits per heavy atom. The monoisotopic (exact) mass is 411 g/mol. The predicted octanol–water partition coefficient (Wildman–Crippen LogP) is 4.16. The van der Waals surface area contributed by atoms with E-state index in [1.54, 1.807) is 6.92 Å². The zero-order chi connectivity index (χ0) is 21.5. The minimum Gasteiger partial charge on any atom is -0.487 e. The lowest BCUT2D eigenvalue weighted by Gasteiger charge is -2.30.